The van der Waals surface area contributed by atoms with Crippen LogP contribution in [0.3, 0.4) is 0 Å². The van der Waals surface area contributed by atoms with Crippen molar-refractivity contribution >= 4 is 11.2 Å². The number of aliphatic hydroxyl groups is 1. The average molecular weight is 590 g/mol. The second kappa shape index (κ2) is 22.6. The summed E-state index contributed by atoms with van der Waals surface area (Å²) < 4.78 is 4.49. The highest BCUT2D eigenvalue weighted by atomic mass is 16.3. The summed E-state index contributed by atoms with van der Waals surface area (Å²) in [5, 5.41) is 13.7. The third-order valence-electron chi connectivity index (χ3n) is 8.71. The van der Waals surface area contributed by atoms with E-state index in [0.717, 1.165) is 51.5 Å². The van der Waals surface area contributed by atoms with Gasteiger partial charge in [-0.05, 0) is 25.8 Å². The fraction of sp³-hybridized carbons (Fsp3) is 0.853. The average Bonchev–Trinajstić information content (AvgIpc) is 3.38. The van der Waals surface area contributed by atoms with Crippen LogP contribution in [-0.4, -0.2) is 43.0 Å². The Balaban J connectivity index is 1.35. The molecule has 0 saturated carbocycles. The van der Waals surface area contributed by atoms with Crippen molar-refractivity contribution in [2.75, 3.05) is 13.1 Å². The topological polar surface area (TPSA) is 94.1 Å². The maximum atomic E-state index is 12.7. The maximum absolute atomic E-state index is 12.7. The van der Waals surface area contributed by atoms with Crippen molar-refractivity contribution in [3.63, 3.8) is 0 Å². The molecule has 1 atom stereocenters. The first-order valence-electron chi connectivity index (χ1n) is 17.5. The van der Waals surface area contributed by atoms with Crippen LogP contribution in [0.5, 0.6) is 0 Å². The van der Waals surface area contributed by atoms with Gasteiger partial charge >= 0.3 is 5.69 Å². The Bertz CT molecular complexity index is 1070. The predicted molar refractivity (Wildman–Crippen MR) is 176 cm³/mol. The van der Waals surface area contributed by atoms with E-state index in [1.165, 1.54) is 105 Å². The van der Waals surface area contributed by atoms with Crippen LogP contribution in [0.15, 0.2) is 15.9 Å². The number of aliphatic hydroxyl groups excluding tert-OH is 1. The summed E-state index contributed by atoms with van der Waals surface area (Å²) in [5.41, 5.74) is 0.374. The van der Waals surface area contributed by atoms with Gasteiger partial charge in [0.1, 0.15) is 0 Å². The quantitative estimate of drug-likeness (QED) is 0.110. The number of hydrogen-bond acceptors (Lipinski definition) is 5. The second-order valence-electron chi connectivity index (χ2n) is 12.5. The lowest BCUT2D eigenvalue weighted by Gasteiger charge is -2.12. The lowest BCUT2D eigenvalue weighted by atomic mass is 10.0. The third kappa shape index (κ3) is 14.0. The minimum absolute atomic E-state index is 0.241. The molecule has 8 heteroatoms. The summed E-state index contributed by atoms with van der Waals surface area (Å²) in [5.74, 6) is 0. The standard InChI is InChI=1S/C34H63N5O3/c1-4-5-6-7-8-9-10-11-12-13-14-17-20-23-26-35-28-30(40)25-22-19-16-15-18-21-24-27-39-33(41)31-32(36-29-37(31)2)38(3)34(39)42/h29-30,35,40H,4-28H2,1-3H3. The molecule has 42 heavy (non-hydrogen) atoms. The summed E-state index contributed by atoms with van der Waals surface area (Å²) in [6.45, 7) is 4.46. The van der Waals surface area contributed by atoms with E-state index >= 15 is 0 Å². The number of nitrogens with zero attached hydrogens (tertiary/aromatic N) is 4. The van der Waals surface area contributed by atoms with Gasteiger partial charge in [0.2, 0.25) is 0 Å². The van der Waals surface area contributed by atoms with E-state index in [4.69, 9.17) is 0 Å². The molecule has 8 nitrogen and oxygen atoms in total. The molecule has 0 aliphatic rings. The van der Waals surface area contributed by atoms with Crippen molar-refractivity contribution in [1.82, 2.24) is 24.0 Å². The van der Waals surface area contributed by atoms with Gasteiger partial charge in [-0.25, -0.2) is 9.78 Å². The zero-order valence-corrected chi connectivity index (χ0v) is 27.4. The molecule has 0 amide bonds. The minimum Gasteiger partial charge on any atom is -0.392 e. The normalized spacial score (nSPS) is 12.5. The molecule has 242 valence electrons. The lowest BCUT2D eigenvalue weighted by molar-refractivity contribution is 0.158. The van der Waals surface area contributed by atoms with Crippen molar-refractivity contribution in [3.8, 4) is 0 Å². The zero-order chi connectivity index (χ0) is 30.4. The van der Waals surface area contributed by atoms with Crippen LogP contribution in [0.1, 0.15) is 148 Å². The van der Waals surface area contributed by atoms with Crippen LogP contribution in [-0.2, 0) is 20.6 Å². The molecule has 2 aromatic rings. The number of nitrogens with one attached hydrogen (secondary N) is 1. The smallest absolute Gasteiger partial charge is 0.332 e. The summed E-state index contributed by atoms with van der Waals surface area (Å²) in [6, 6.07) is 0. The highest BCUT2D eigenvalue weighted by Gasteiger charge is 2.14. The number of hydrogen-bond donors (Lipinski definition) is 2. The van der Waals surface area contributed by atoms with Gasteiger partial charge in [0.25, 0.3) is 5.56 Å². The van der Waals surface area contributed by atoms with Gasteiger partial charge in [-0.15, -0.1) is 0 Å². The summed E-state index contributed by atoms with van der Waals surface area (Å²) in [4.78, 5) is 29.5. The lowest BCUT2D eigenvalue weighted by Crippen LogP contribution is -2.39. The molecule has 0 spiro atoms. The zero-order valence-electron chi connectivity index (χ0n) is 27.4. The van der Waals surface area contributed by atoms with Crippen molar-refractivity contribution in [1.29, 1.82) is 0 Å². The van der Waals surface area contributed by atoms with Crippen LogP contribution in [0.25, 0.3) is 11.2 Å². The maximum Gasteiger partial charge on any atom is 0.332 e. The first-order chi connectivity index (χ1) is 20.5. The SMILES string of the molecule is CCCCCCCCCCCCCCCCNCC(O)CCCCCCCCCn1c(=O)c2c(ncn2C)n(C)c1=O. The molecule has 1 unspecified atom stereocenters. The van der Waals surface area contributed by atoms with Crippen LogP contribution >= 0.6 is 0 Å². The molecule has 2 rings (SSSR count). The Morgan fingerprint density at radius 3 is 1.81 bits per heavy atom. The van der Waals surface area contributed by atoms with E-state index in [9.17, 15) is 14.7 Å². The van der Waals surface area contributed by atoms with Gasteiger partial charge in [-0.2, -0.15) is 0 Å². The van der Waals surface area contributed by atoms with Crippen molar-refractivity contribution in [3.05, 3.63) is 27.2 Å². The van der Waals surface area contributed by atoms with Gasteiger partial charge in [0.05, 0.1) is 12.4 Å². The van der Waals surface area contributed by atoms with Crippen LogP contribution in [0, 0.1) is 0 Å². The summed E-state index contributed by atoms with van der Waals surface area (Å²) >= 11 is 0. The number of rotatable bonds is 27. The summed E-state index contributed by atoms with van der Waals surface area (Å²) in [7, 11) is 3.45. The summed E-state index contributed by atoms with van der Waals surface area (Å²) in [6.07, 6.45) is 29.0. The first kappa shape index (κ1) is 36.3. The van der Waals surface area contributed by atoms with E-state index in [2.05, 4.69) is 17.2 Å². The predicted octanol–water partition coefficient (Wildman–Crippen LogP) is 6.99. The molecule has 0 radical (unpaired) electrons. The Hall–Kier alpha value is -1.93. The number of fused-ring (bicyclic) bond motifs is 1. The molecule has 2 N–H and O–H groups in total. The molecule has 0 saturated heterocycles. The Kier molecular flexibility index (Phi) is 19.5. The van der Waals surface area contributed by atoms with Gasteiger partial charge in [0.15, 0.2) is 11.2 Å². The molecule has 0 aliphatic heterocycles. The van der Waals surface area contributed by atoms with Crippen LogP contribution in [0.4, 0.5) is 0 Å². The van der Waals surface area contributed by atoms with Crippen molar-refractivity contribution < 1.29 is 5.11 Å². The number of unbranched alkanes of at least 4 members (excludes halogenated alkanes) is 19. The first-order valence-corrected chi connectivity index (χ1v) is 17.5. The van der Waals surface area contributed by atoms with Gasteiger partial charge in [-0.1, -0.05) is 129 Å². The van der Waals surface area contributed by atoms with Crippen LogP contribution in [0.2, 0.25) is 0 Å². The number of aryl methyl sites for hydroxylation is 2. The number of imidazole rings is 1. The van der Waals surface area contributed by atoms with E-state index in [-0.39, 0.29) is 17.4 Å². The Morgan fingerprint density at radius 2 is 1.24 bits per heavy atom. The molecule has 0 aliphatic carbocycles. The second-order valence-corrected chi connectivity index (χ2v) is 12.5. The highest BCUT2D eigenvalue weighted by Crippen LogP contribution is 2.13. The van der Waals surface area contributed by atoms with Crippen molar-refractivity contribution in [2.45, 2.75) is 161 Å². The minimum atomic E-state index is -0.293. The van der Waals surface area contributed by atoms with Crippen LogP contribution < -0.4 is 16.6 Å². The third-order valence-corrected chi connectivity index (χ3v) is 8.71. The number of aromatic nitrogens is 4. The molecule has 0 bridgehead atoms. The Labute approximate surface area is 255 Å². The fourth-order valence-corrected chi connectivity index (χ4v) is 5.94. The highest BCUT2D eigenvalue weighted by molar-refractivity contribution is 5.69. The van der Waals surface area contributed by atoms with Gasteiger partial charge in [0, 0.05) is 27.2 Å². The van der Waals surface area contributed by atoms with Gasteiger partial charge < -0.3 is 15.0 Å². The monoisotopic (exact) mass is 589 g/mol. The van der Waals surface area contributed by atoms with Crippen molar-refractivity contribution in [2.24, 2.45) is 14.1 Å². The Morgan fingerprint density at radius 1 is 0.738 bits per heavy atom. The molecular formula is C34H63N5O3. The van der Waals surface area contributed by atoms with E-state index in [1.807, 2.05) is 0 Å². The van der Waals surface area contributed by atoms with E-state index in [1.54, 1.807) is 25.0 Å². The van der Waals surface area contributed by atoms with Gasteiger partial charge in [-0.3, -0.25) is 13.9 Å². The van der Waals surface area contributed by atoms with E-state index < -0.39 is 0 Å². The fourth-order valence-electron chi connectivity index (χ4n) is 5.94. The molecule has 0 fully saturated rings. The molecular weight excluding hydrogens is 526 g/mol. The molecule has 2 aromatic heterocycles. The van der Waals surface area contributed by atoms with E-state index in [0.29, 0.717) is 24.3 Å². The largest absolute Gasteiger partial charge is 0.392 e. The molecule has 2 heterocycles. The molecule has 0 aromatic carbocycles.